The molecule has 4 nitrogen and oxygen atoms in total. The number of aromatic nitrogens is 1. The lowest BCUT2D eigenvalue weighted by atomic mass is 10.2. The molecular formula is C13H15N3OS. The number of fused-ring (bicyclic) bond motifs is 1. The van der Waals surface area contributed by atoms with Gasteiger partial charge in [0.15, 0.2) is 0 Å². The highest BCUT2D eigenvalue weighted by atomic mass is 32.1. The van der Waals surface area contributed by atoms with Crippen molar-refractivity contribution in [1.82, 2.24) is 10.3 Å². The molecule has 0 radical (unpaired) electrons. The van der Waals surface area contributed by atoms with Gasteiger partial charge in [-0.3, -0.25) is 9.78 Å². The van der Waals surface area contributed by atoms with E-state index >= 15 is 0 Å². The fourth-order valence-electron chi connectivity index (χ4n) is 2.13. The number of amides is 1. The Labute approximate surface area is 109 Å². The molecule has 18 heavy (non-hydrogen) atoms. The summed E-state index contributed by atoms with van der Waals surface area (Å²) in [7, 11) is 0. The molecule has 3 N–H and O–H groups in total. The zero-order chi connectivity index (χ0) is 12.7. The summed E-state index contributed by atoms with van der Waals surface area (Å²) in [5, 5.41) is 3.88. The molecule has 0 spiro atoms. The van der Waals surface area contributed by atoms with Crippen molar-refractivity contribution in [3.05, 3.63) is 23.3 Å². The van der Waals surface area contributed by atoms with E-state index in [1.165, 1.54) is 17.8 Å². The third-order valence-electron chi connectivity index (χ3n) is 3.54. The van der Waals surface area contributed by atoms with Crippen LogP contribution in [0.25, 0.3) is 10.1 Å². The Balaban J connectivity index is 1.80. The van der Waals surface area contributed by atoms with Gasteiger partial charge >= 0.3 is 0 Å². The van der Waals surface area contributed by atoms with Crippen molar-refractivity contribution < 1.29 is 4.79 Å². The Morgan fingerprint density at radius 1 is 1.67 bits per heavy atom. The summed E-state index contributed by atoms with van der Waals surface area (Å²) < 4.78 is 0.958. The summed E-state index contributed by atoms with van der Waals surface area (Å²) in [5.41, 5.74) is 6.58. The lowest BCUT2D eigenvalue weighted by molar-refractivity contribution is 0.0956. The van der Waals surface area contributed by atoms with Crippen LogP contribution in [0.5, 0.6) is 0 Å². The number of nitrogen functional groups attached to an aromatic ring is 1. The van der Waals surface area contributed by atoms with Gasteiger partial charge in [0, 0.05) is 24.3 Å². The first-order valence-corrected chi connectivity index (χ1v) is 6.88. The minimum atomic E-state index is -0.0622. The van der Waals surface area contributed by atoms with Crippen molar-refractivity contribution >= 4 is 33.0 Å². The number of carbonyl (C=O) groups excluding carboxylic acids is 1. The van der Waals surface area contributed by atoms with E-state index < -0.39 is 0 Å². The highest BCUT2D eigenvalue weighted by Gasteiger charge is 2.32. The van der Waals surface area contributed by atoms with E-state index in [9.17, 15) is 4.79 Å². The van der Waals surface area contributed by atoms with Gasteiger partial charge in [0.05, 0.1) is 10.4 Å². The molecule has 2 atom stereocenters. The smallest absolute Gasteiger partial charge is 0.263 e. The molecule has 2 heterocycles. The van der Waals surface area contributed by atoms with Crippen LogP contribution in [0.15, 0.2) is 18.5 Å². The van der Waals surface area contributed by atoms with Gasteiger partial charge in [0.1, 0.15) is 4.88 Å². The van der Waals surface area contributed by atoms with Crippen molar-refractivity contribution in [2.45, 2.75) is 13.3 Å². The maximum atomic E-state index is 12.1. The van der Waals surface area contributed by atoms with Crippen LogP contribution in [0, 0.1) is 11.8 Å². The molecule has 0 aromatic carbocycles. The average molecular weight is 261 g/mol. The second-order valence-electron chi connectivity index (χ2n) is 4.90. The summed E-state index contributed by atoms with van der Waals surface area (Å²) >= 11 is 1.41. The summed E-state index contributed by atoms with van der Waals surface area (Å²) in [6, 6.07) is 1.85. The van der Waals surface area contributed by atoms with Crippen LogP contribution in [-0.4, -0.2) is 17.4 Å². The molecule has 1 fully saturated rings. The van der Waals surface area contributed by atoms with E-state index in [1.54, 1.807) is 12.4 Å². The van der Waals surface area contributed by atoms with Gasteiger partial charge in [-0.25, -0.2) is 0 Å². The molecule has 1 amide bonds. The lowest BCUT2D eigenvalue weighted by Gasteiger charge is -2.03. The molecule has 1 aliphatic rings. The molecule has 1 aliphatic carbocycles. The fourth-order valence-corrected chi connectivity index (χ4v) is 3.13. The number of nitrogens with one attached hydrogen (secondary N) is 1. The number of pyridine rings is 1. The van der Waals surface area contributed by atoms with Crippen LogP contribution in [0.4, 0.5) is 5.69 Å². The second-order valence-corrected chi connectivity index (χ2v) is 5.95. The normalized spacial score (nSPS) is 22.1. The van der Waals surface area contributed by atoms with Crippen LogP contribution < -0.4 is 11.1 Å². The van der Waals surface area contributed by atoms with E-state index in [0.29, 0.717) is 16.5 Å². The molecule has 5 heteroatoms. The molecule has 0 saturated heterocycles. The Kier molecular flexibility index (Phi) is 2.70. The number of hydrogen-bond acceptors (Lipinski definition) is 4. The van der Waals surface area contributed by atoms with Crippen LogP contribution >= 0.6 is 11.3 Å². The monoisotopic (exact) mass is 261 g/mol. The van der Waals surface area contributed by atoms with E-state index in [0.717, 1.165) is 22.5 Å². The van der Waals surface area contributed by atoms with E-state index in [2.05, 4.69) is 17.2 Å². The van der Waals surface area contributed by atoms with Crippen LogP contribution in [0.3, 0.4) is 0 Å². The molecule has 3 rings (SSSR count). The number of nitrogens with zero attached hydrogens (tertiary/aromatic N) is 1. The minimum absolute atomic E-state index is 0.0622. The molecule has 2 unspecified atom stereocenters. The third kappa shape index (κ3) is 1.95. The van der Waals surface area contributed by atoms with Gasteiger partial charge in [-0.15, -0.1) is 11.3 Å². The summed E-state index contributed by atoms with van der Waals surface area (Å²) in [6.07, 6.45) is 4.65. The van der Waals surface area contributed by atoms with Crippen molar-refractivity contribution in [2.24, 2.45) is 11.8 Å². The predicted octanol–water partition coefficient (Wildman–Crippen LogP) is 2.26. The number of nitrogens with two attached hydrogens (primary N) is 1. The Morgan fingerprint density at radius 3 is 3.11 bits per heavy atom. The predicted molar refractivity (Wildman–Crippen MR) is 73.6 cm³/mol. The Hall–Kier alpha value is -1.62. The van der Waals surface area contributed by atoms with E-state index in [1.807, 2.05) is 6.07 Å². The van der Waals surface area contributed by atoms with Crippen LogP contribution in [0.1, 0.15) is 23.0 Å². The SMILES string of the molecule is CC1CC1CNC(=O)c1sc2cnccc2c1N. The van der Waals surface area contributed by atoms with Gasteiger partial charge in [-0.05, 0) is 24.3 Å². The minimum Gasteiger partial charge on any atom is -0.397 e. The summed E-state index contributed by atoms with van der Waals surface area (Å²) in [4.78, 5) is 16.7. The first-order chi connectivity index (χ1) is 8.66. The third-order valence-corrected chi connectivity index (χ3v) is 4.69. The number of anilines is 1. The standard InChI is InChI=1S/C13H15N3OS/c1-7-4-8(7)5-16-13(17)12-11(14)9-2-3-15-6-10(9)18-12/h2-3,6-8H,4-5,14H2,1H3,(H,16,17). The van der Waals surface area contributed by atoms with Gasteiger partial charge in [-0.1, -0.05) is 6.92 Å². The number of carbonyl (C=O) groups is 1. The van der Waals surface area contributed by atoms with E-state index in [4.69, 9.17) is 5.73 Å². The van der Waals surface area contributed by atoms with Gasteiger partial charge in [0.25, 0.3) is 5.91 Å². The topological polar surface area (TPSA) is 68.0 Å². The zero-order valence-corrected chi connectivity index (χ0v) is 11.0. The first-order valence-electron chi connectivity index (χ1n) is 6.07. The molecule has 0 bridgehead atoms. The largest absolute Gasteiger partial charge is 0.397 e. The molecule has 0 aliphatic heterocycles. The van der Waals surface area contributed by atoms with Gasteiger partial charge in [-0.2, -0.15) is 0 Å². The maximum Gasteiger partial charge on any atom is 0.263 e. The van der Waals surface area contributed by atoms with Crippen molar-refractivity contribution in [3.8, 4) is 0 Å². The Bertz CT molecular complexity index is 607. The van der Waals surface area contributed by atoms with Crippen molar-refractivity contribution in [3.63, 3.8) is 0 Å². The molecule has 2 aromatic rings. The summed E-state index contributed by atoms with van der Waals surface area (Å²) in [6.45, 7) is 2.96. The fraction of sp³-hybridized carbons (Fsp3) is 0.385. The van der Waals surface area contributed by atoms with Crippen molar-refractivity contribution in [1.29, 1.82) is 0 Å². The number of thiophene rings is 1. The molecular weight excluding hydrogens is 246 g/mol. The van der Waals surface area contributed by atoms with Crippen molar-refractivity contribution in [2.75, 3.05) is 12.3 Å². The van der Waals surface area contributed by atoms with Gasteiger partial charge < -0.3 is 11.1 Å². The zero-order valence-electron chi connectivity index (χ0n) is 10.1. The average Bonchev–Trinajstić information content (AvgIpc) is 2.98. The molecule has 2 aromatic heterocycles. The van der Waals surface area contributed by atoms with Gasteiger partial charge in [0.2, 0.25) is 0 Å². The highest BCUT2D eigenvalue weighted by molar-refractivity contribution is 7.21. The highest BCUT2D eigenvalue weighted by Crippen LogP contribution is 2.37. The summed E-state index contributed by atoms with van der Waals surface area (Å²) in [5.74, 6) is 1.33. The second kappa shape index (κ2) is 4.24. The first kappa shape index (κ1) is 11.5. The Morgan fingerprint density at radius 2 is 2.44 bits per heavy atom. The molecule has 1 saturated carbocycles. The molecule has 94 valence electrons. The number of hydrogen-bond donors (Lipinski definition) is 2. The lowest BCUT2D eigenvalue weighted by Crippen LogP contribution is -2.25. The number of rotatable bonds is 3. The quantitative estimate of drug-likeness (QED) is 0.890. The van der Waals surface area contributed by atoms with E-state index in [-0.39, 0.29) is 5.91 Å². The van der Waals surface area contributed by atoms with Crippen LogP contribution in [0.2, 0.25) is 0 Å². The van der Waals surface area contributed by atoms with Crippen LogP contribution in [-0.2, 0) is 0 Å². The maximum absolute atomic E-state index is 12.1.